The summed E-state index contributed by atoms with van der Waals surface area (Å²) in [5.74, 6) is -0.201. The summed E-state index contributed by atoms with van der Waals surface area (Å²) >= 11 is 0. The van der Waals surface area contributed by atoms with Crippen LogP contribution >= 0.6 is 0 Å². The Balaban J connectivity index is -0.0000000412. The molecule has 0 heterocycles. The van der Waals surface area contributed by atoms with Crippen molar-refractivity contribution in [2.24, 2.45) is 5.73 Å². The Morgan fingerprint density at radius 3 is 1.67 bits per heavy atom. The molecule has 0 aromatic rings. The van der Waals surface area contributed by atoms with Crippen LogP contribution in [0.4, 0.5) is 0 Å². The summed E-state index contributed by atoms with van der Waals surface area (Å²) in [6, 6.07) is 0. The standard InChI is InChI=1S/C2H6O3S.CH5N.Na.H/c1-2-6(3,4)5;1-2;;/h2H2,1H3,(H,3,4,5);2H2,1H3;;/q;;+1;-1. The van der Waals surface area contributed by atoms with Crippen LogP contribution in [-0.4, -0.2) is 25.8 Å². The fourth-order valence-corrected chi connectivity index (χ4v) is 0. The summed E-state index contributed by atoms with van der Waals surface area (Å²) in [5, 5.41) is 0. The Morgan fingerprint density at radius 1 is 1.56 bits per heavy atom. The minimum atomic E-state index is -3.66. The van der Waals surface area contributed by atoms with Crippen molar-refractivity contribution < 1.29 is 44.0 Å². The Labute approximate surface area is 79.3 Å². The molecular formula is C3H12NNaO3S. The van der Waals surface area contributed by atoms with Crippen molar-refractivity contribution in [1.29, 1.82) is 0 Å². The van der Waals surface area contributed by atoms with Crippen LogP contribution in [0.25, 0.3) is 0 Å². The first-order valence-electron chi connectivity index (χ1n) is 2.09. The van der Waals surface area contributed by atoms with Gasteiger partial charge in [-0.3, -0.25) is 4.55 Å². The van der Waals surface area contributed by atoms with Crippen molar-refractivity contribution in [1.82, 2.24) is 0 Å². The molecule has 0 aliphatic carbocycles. The van der Waals surface area contributed by atoms with Gasteiger partial charge in [0.15, 0.2) is 0 Å². The molecule has 0 saturated carbocycles. The Morgan fingerprint density at radius 2 is 1.67 bits per heavy atom. The fourth-order valence-electron chi connectivity index (χ4n) is 0. The molecule has 3 N–H and O–H groups in total. The molecule has 4 nitrogen and oxygen atoms in total. The summed E-state index contributed by atoms with van der Waals surface area (Å²) in [7, 11) is -2.16. The summed E-state index contributed by atoms with van der Waals surface area (Å²) in [4.78, 5) is 0. The molecule has 0 aromatic carbocycles. The monoisotopic (exact) mass is 165 g/mol. The molecule has 0 atom stereocenters. The van der Waals surface area contributed by atoms with Crippen LogP contribution in [0, 0.1) is 0 Å². The molecule has 0 amide bonds. The van der Waals surface area contributed by atoms with Crippen molar-refractivity contribution in [3.63, 3.8) is 0 Å². The zero-order chi connectivity index (χ0) is 7.21. The van der Waals surface area contributed by atoms with Gasteiger partial charge in [-0.05, 0) is 14.0 Å². The van der Waals surface area contributed by atoms with Crippen molar-refractivity contribution in [2.75, 3.05) is 12.8 Å². The van der Waals surface area contributed by atoms with Crippen LogP contribution in [0.1, 0.15) is 8.35 Å². The third kappa shape index (κ3) is 28.0. The number of rotatable bonds is 1. The second-order valence-corrected chi connectivity index (χ2v) is 2.61. The Bertz CT molecular complexity index is 126. The van der Waals surface area contributed by atoms with Crippen LogP contribution < -0.4 is 35.3 Å². The van der Waals surface area contributed by atoms with Crippen LogP contribution in [0.15, 0.2) is 0 Å². The number of nitrogens with two attached hydrogens (primary N) is 1. The first-order chi connectivity index (χ1) is 3.56. The van der Waals surface area contributed by atoms with Gasteiger partial charge in [-0.25, -0.2) is 0 Å². The van der Waals surface area contributed by atoms with E-state index in [-0.39, 0.29) is 36.7 Å². The first-order valence-corrected chi connectivity index (χ1v) is 3.70. The quantitative estimate of drug-likeness (QED) is 0.313. The van der Waals surface area contributed by atoms with Gasteiger partial charge in [-0.15, -0.1) is 0 Å². The molecule has 0 aliphatic heterocycles. The number of hydrogen-bond donors (Lipinski definition) is 2. The average molecular weight is 165 g/mol. The van der Waals surface area contributed by atoms with Gasteiger partial charge in [0, 0.05) is 0 Å². The molecular weight excluding hydrogens is 153 g/mol. The summed E-state index contributed by atoms with van der Waals surface area (Å²) in [6.07, 6.45) is 0. The minimum absolute atomic E-state index is 0. The third-order valence-corrected chi connectivity index (χ3v) is 1.09. The fraction of sp³-hybridized carbons (Fsp3) is 1.00. The summed E-state index contributed by atoms with van der Waals surface area (Å²) < 4.78 is 26.9. The van der Waals surface area contributed by atoms with E-state index in [0.29, 0.717) is 0 Å². The maximum atomic E-state index is 9.56. The predicted molar refractivity (Wildman–Crippen MR) is 33.3 cm³/mol. The van der Waals surface area contributed by atoms with Crippen molar-refractivity contribution in [2.45, 2.75) is 6.92 Å². The van der Waals surface area contributed by atoms with E-state index in [1.165, 1.54) is 14.0 Å². The van der Waals surface area contributed by atoms with Crippen LogP contribution in [-0.2, 0) is 10.1 Å². The van der Waals surface area contributed by atoms with Crippen LogP contribution in [0.3, 0.4) is 0 Å². The molecule has 0 aliphatic rings. The largest absolute Gasteiger partial charge is 1.00 e. The predicted octanol–water partition coefficient (Wildman–Crippen LogP) is -3.41. The smallest absolute Gasteiger partial charge is 1.00 e. The molecule has 9 heavy (non-hydrogen) atoms. The van der Waals surface area contributed by atoms with E-state index >= 15 is 0 Å². The summed E-state index contributed by atoms with van der Waals surface area (Å²) in [5.41, 5.74) is 4.50. The van der Waals surface area contributed by atoms with Gasteiger partial charge in [-0.1, -0.05) is 0 Å². The molecule has 0 radical (unpaired) electrons. The van der Waals surface area contributed by atoms with Gasteiger partial charge in [0.2, 0.25) is 0 Å². The molecule has 0 rings (SSSR count). The van der Waals surface area contributed by atoms with E-state index in [0.717, 1.165) is 0 Å². The van der Waals surface area contributed by atoms with Crippen LogP contribution in [0.2, 0.25) is 0 Å². The van der Waals surface area contributed by atoms with Gasteiger partial charge in [-0.2, -0.15) is 8.42 Å². The zero-order valence-corrected chi connectivity index (χ0v) is 8.77. The second-order valence-electron chi connectivity index (χ2n) is 0.871. The number of hydrogen-bond acceptors (Lipinski definition) is 3. The van der Waals surface area contributed by atoms with Crippen LogP contribution in [0.5, 0.6) is 0 Å². The van der Waals surface area contributed by atoms with E-state index in [4.69, 9.17) is 4.55 Å². The van der Waals surface area contributed by atoms with E-state index in [2.05, 4.69) is 5.73 Å². The third-order valence-electron chi connectivity index (χ3n) is 0.365. The van der Waals surface area contributed by atoms with E-state index in [9.17, 15) is 8.42 Å². The molecule has 0 saturated heterocycles. The maximum absolute atomic E-state index is 9.56. The molecule has 0 spiro atoms. The average Bonchev–Trinajstić information content (AvgIpc) is 1.71. The Hall–Kier alpha value is 0.870. The SMILES string of the molecule is CCS(=O)(=O)O.CN.[H-].[Na+]. The van der Waals surface area contributed by atoms with Gasteiger partial charge < -0.3 is 7.16 Å². The normalized spacial score (nSPS) is 8.44. The van der Waals surface area contributed by atoms with Crippen molar-refractivity contribution in [3.8, 4) is 0 Å². The zero-order valence-electron chi connectivity index (χ0n) is 6.96. The Kier molecular flexibility index (Phi) is 16.2. The maximum Gasteiger partial charge on any atom is 1.00 e. The molecule has 0 fully saturated rings. The minimum Gasteiger partial charge on any atom is -1.00 e. The molecule has 6 heteroatoms. The summed E-state index contributed by atoms with van der Waals surface area (Å²) in [6.45, 7) is 1.37. The molecule has 54 valence electrons. The molecule has 0 aromatic heterocycles. The molecule has 0 unspecified atom stereocenters. The van der Waals surface area contributed by atoms with Crippen molar-refractivity contribution >= 4 is 10.1 Å². The topological polar surface area (TPSA) is 80.4 Å². The van der Waals surface area contributed by atoms with Gasteiger partial charge in [0.25, 0.3) is 10.1 Å². The second kappa shape index (κ2) is 8.87. The van der Waals surface area contributed by atoms with E-state index < -0.39 is 10.1 Å². The van der Waals surface area contributed by atoms with E-state index in [1.807, 2.05) is 0 Å². The van der Waals surface area contributed by atoms with Crippen molar-refractivity contribution in [3.05, 3.63) is 0 Å². The van der Waals surface area contributed by atoms with E-state index in [1.54, 1.807) is 0 Å². The van der Waals surface area contributed by atoms with Gasteiger partial charge in [0.05, 0.1) is 5.75 Å². The first kappa shape index (κ1) is 16.5. The van der Waals surface area contributed by atoms with Gasteiger partial charge in [0.1, 0.15) is 0 Å². The van der Waals surface area contributed by atoms with Gasteiger partial charge >= 0.3 is 29.6 Å². The molecule has 0 bridgehead atoms.